The molecule has 0 spiro atoms. The van der Waals surface area contributed by atoms with Crippen molar-refractivity contribution < 1.29 is 13.2 Å². The number of nitrogens with zero attached hydrogens (tertiary/aromatic N) is 4. The number of rotatable bonds is 4. The summed E-state index contributed by atoms with van der Waals surface area (Å²) in [6.07, 6.45) is 4.02. The Kier molecular flexibility index (Phi) is 3.75. The Hall–Kier alpha value is -2.50. The monoisotopic (exact) mass is 316 g/mol. The Morgan fingerprint density at radius 3 is 2.68 bits per heavy atom. The summed E-state index contributed by atoms with van der Waals surface area (Å²) in [5.41, 5.74) is 0.446. The molecule has 3 rings (SSSR count). The first kappa shape index (κ1) is 14.4. The minimum Gasteiger partial charge on any atom is -0.472 e. The van der Waals surface area contributed by atoms with Crippen molar-refractivity contribution in [1.29, 1.82) is 5.26 Å². The number of nitriles is 1. The molecule has 3 heterocycles. The Bertz CT molecular complexity index is 794. The maximum atomic E-state index is 12.3. The lowest BCUT2D eigenvalue weighted by Crippen LogP contribution is -2.56. The molecule has 2 aromatic heterocycles. The van der Waals surface area contributed by atoms with Gasteiger partial charge in [-0.1, -0.05) is 0 Å². The van der Waals surface area contributed by atoms with Crippen molar-refractivity contribution in [2.24, 2.45) is 0 Å². The molecule has 1 saturated heterocycles. The Balaban J connectivity index is 1.61. The fourth-order valence-corrected chi connectivity index (χ4v) is 3.48. The molecule has 0 saturated carbocycles. The molecule has 0 aliphatic carbocycles. The Morgan fingerprint density at radius 1 is 1.27 bits per heavy atom. The number of pyridine rings is 2. The predicted molar refractivity (Wildman–Crippen MR) is 76.4 cm³/mol. The molecule has 8 heteroatoms. The normalized spacial score (nSPS) is 15.8. The third kappa shape index (κ3) is 2.77. The average Bonchev–Trinajstić information content (AvgIpc) is 2.51. The molecule has 1 fully saturated rings. The van der Waals surface area contributed by atoms with Gasteiger partial charge in [0.15, 0.2) is 0 Å². The molecule has 0 amide bonds. The minimum absolute atomic E-state index is 0.171. The van der Waals surface area contributed by atoms with Crippen molar-refractivity contribution >= 4 is 10.0 Å². The Morgan fingerprint density at radius 2 is 2.09 bits per heavy atom. The highest BCUT2D eigenvalue weighted by atomic mass is 32.2. The van der Waals surface area contributed by atoms with E-state index in [1.54, 1.807) is 18.2 Å². The van der Waals surface area contributed by atoms with Gasteiger partial charge in [0, 0.05) is 24.7 Å². The summed E-state index contributed by atoms with van der Waals surface area (Å²) >= 11 is 0. The van der Waals surface area contributed by atoms with Gasteiger partial charge in [-0.3, -0.25) is 4.98 Å². The second-order valence-electron chi connectivity index (χ2n) is 4.75. The van der Waals surface area contributed by atoms with E-state index in [1.807, 2.05) is 6.07 Å². The second-order valence-corrected chi connectivity index (χ2v) is 6.69. The average molecular weight is 316 g/mol. The van der Waals surface area contributed by atoms with Crippen LogP contribution in [0.4, 0.5) is 0 Å². The van der Waals surface area contributed by atoms with Crippen LogP contribution in [0, 0.1) is 11.3 Å². The van der Waals surface area contributed by atoms with Crippen molar-refractivity contribution in [1.82, 2.24) is 14.3 Å². The zero-order valence-corrected chi connectivity index (χ0v) is 12.3. The van der Waals surface area contributed by atoms with Gasteiger partial charge in [-0.05, 0) is 18.2 Å². The van der Waals surface area contributed by atoms with E-state index < -0.39 is 10.0 Å². The summed E-state index contributed by atoms with van der Waals surface area (Å²) in [4.78, 5) is 7.99. The molecule has 0 atom stereocenters. The minimum atomic E-state index is -3.51. The van der Waals surface area contributed by atoms with E-state index in [0.29, 0.717) is 11.4 Å². The van der Waals surface area contributed by atoms with Crippen LogP contribution in [0.3, 0.4) is 0 Å². The molecule has 0 bridgehead atoms. The first-order chi connectivity index (χ1) is 10.6. The Labute approximate surface area is 127 Å². The molecule has 22 heavy (non-hydrogen) atoms. The molecule has 112 valence electrons. The molecule has 1 aliphatic heterocycles. The number of hydrogen-bond acceptors (Lipinski definition) is 6. The van der Waals surface area contributed by atoms with Crippen LogP contribution in [0.2, 0.25) is 0 Å². The third-order valence-electron chi connectivity index (χ3n) is 3.24. The highest BCUT2D eigenvalue weighted by Gasteiger charge is 2.38. The van der Waals surface area contributed by atoms with E-state index in [9.17, 15) is 8.42 Å². The standard InChI is InChI=1S/C14H12N4O3S/c15-6-11-3-4-14(17-7-11)21-12-9-18(10-12)22(19,20)13-2-1-5-16-8-13/h1-5,7-8,12H,9-10H2. The van der Waals surface area contributed by atoms with Gasteiger partial charge in [0.1, 0.15) is 17.1 Å². The molecule has 0 radical (unpaired) electrons. The van der Waals surface area contributed by atoms with Crippen LogP contribution >= 0.6 is 0 Å². The number of aromatic nitrogens is 2. The van der Waals surface area contributed by atoms with Crippen LogP contribution in [0.1, 0.15) is 5.56 Å². The van der Waals surface area contributed by atoms with Gasteiger partial charge in [-0.25, -0.2) is 13.4 Å². The van der Waals surface area contributed by atoms with E-state index in [0.717, 1.165) is 0 Å². The summed E-state index contributed by atoms with van der Waals surface area (Å²) in [7, 11) is -3.51. The lowest BCUT2D eigenvalue weighted by molar-refractivity contribution is 0.0720. The van der Waals surface area contributed by atoms with Gasteiger partial charge in [0.2, 0.25) is 15.9 Å². The quantitative estimate of drug-likeness (QED) is 0.828. The van der Waals surface area contributed by atoms with E-state index in [1.165, 1.54) is 29.0 Å². The summed E-state index contributed by atoms with van der Waals surface area (Å²) in [6, 6.07) is 8.26. The number of ether oxygens (including phenoxy) is 1. The molecule has 0 N–H and O–H groups in total. The van der Waals surface area contributed by atoms with Crippen molar-refractivity contribution in [2.45, 2.75) is 11.0 Å². The van der Waals surface area contributed by atoms with Crippen LogP contribution in [-0.4, -0.2) is 41.9 Å². The van der Waals surface area contributed by atoms with Crippen molar-refractivity contribution in [3.8, 4) is 11.9 Å². The zero-order valence-electron chi connectivity index (χ0n) is 11.5. The van der Waals surface area contributed by atoms with Crippen LogP contribution < -0.4 is 4.74 Å². The highest BCUT2D eigenvalue weighted by molar-refractivity contribution is 7.89. The largest absolute Gasteiger partial charge is 0.472 e. The summed E-state index contributed by atoms with van der Waals surface area (Å²) in [5, 5.41) is 8.69. The molecule has 2 aromatic rings. The van der Waals surface area contributed by atoms with Crippen LogP contribution in [0.5, 0.6) is 5.88 Å². The van der Waals surface area contributed by atoms with E-state index >= 15 is 0 Å². The predicted octanol–water partition coefficient (Wildman–Crippen LogP) is 0.800. The van der Waals surface area contributed by atoms with Gasteiger partial charge < -0.3 is 4.74 Å². The third-order valence-corrected chi connectivity index (χ3v) is 5.05. The fourth-order valence-electron chi connectivity index (χ4n) is 2.01. The lowest BCUT2D eigenvalue weighted by Gasteiger charge is -2.37. The molecular formula is C14H12N4O3S. The fraction of sp³-hybridized carbons (Fsp3) is 0.214. The second kappa shape index (κ2) is 5.71. The van der Waals surface area contributed by atoms with E-state index in [2.05, 4.69) is 9.97 Å². The molecule has 0 aromatic carbocycles. The molecule has 0 unspecified atom stereocenters. The summed E-state index contributed by atoms with van der Waals surface area (Å²) in [5.74, 6) is 0.377. The van der Waals surface area contributed by atoms with Crippen LogP contribution in [0.25, 0.3) is 0 Å². The van der Waals surface area contributed by atoms with Crippen molar-refractivity contribution in [2.75, 3.05) is 13.1 Å². The van der Waals surface area contributed by atoms with Gasteiger partial charge >= 0.3 is 0 Å². The number of sulfonamides is 1. The first-order valence-corrected chi connectivity index (χ1v) is 7.96. The maximum absolute atomic E-state index is 12.3. The first-order valence-electron chi connectivity index (χ1n) is 6.52. The smallest absolute Gasteiger partial charge is 0.244 e. The van der Waals surface area contributed by atoms with Crippen molar-refractivity contribution in [3.05, 3.63) is 48.4 Å². The maximum Gasteiger partial charge on any atom is 0.244 e. The zero-order chi connectivity index (χ0) is 15.6. The van der Waals surface area contributed by atoms with Crippen molar-refractivity contribution in [3.63, 3.8) is 0 Å². The van der Waals surface area contributed by atoms with Crippen LogP contribution in [-0.2, 0) is 10.0 Å². The van der Waals surface area contributed by atoms with Gasteiger partial charge in [0.25, 0.3) is 0 Å². The lowest BCUT2D eigenvalue weighted by atomic mass is 10.2. The van der Waals surface area contributed by atoms with E-state index in [-0.39, 0.29) is 24.1 Å². The number of hydrogen-bond donors (Lipinski definition) is 0. The topological polar surface area (TPSA) is 96.2 Å². The highest BCUT2D eigenvalue weighted by Crippen LogP contribution is 2.23. The van der Waals surface area contributed by atoms with Gasteiger partial charge in [0.05, 0.1) is 18.7 Å². The van der Waals surface area contributed by atoms with Gasteiger partial charge in [-0.2, -0.15) is 9.57 Å². The molecule has 7 nitrogen and oxygen atoms in total. The SMILES string of the molecule is N#Cc1ccc(OC2CN(S(=O)(=O)c3cccnc3)C2)nc1. The summed E-state index contributed by atoms with van der Waals surface area (Å²) < 4.78 is 31.4. The van der Waals surface area contributed by atoms with Gasteiger partial charge in [-0.15, -0.1) is 0 Å². The summed E-state index contributed by atoms with van der Waals surface area (Å²) in [6.45, 7) is 0.526. The van der Waals surface area contributed by atoms with Crippen LogP contribution in [0.15, 0.2) is 47.8 Å². The molecular weight excluding hydrogens is 304 g/mol. The van der Waals surface area contributed by atoms with E-state index in [4.69, 9.17) is 10.00 Å². The molecule has 1 aliphatic rings.